The molecule has 0 fully saturated rings. The molecule has 3 N–H and O–H groups in total. The van der Waals surface area contributed by atoms with Crippen molar-refractivity contribution in [2.24, 2.45) is 0 Å². The van der Waals surface area contributed by atoms with Crippen molar-refractivity contribution in [2.45, 2.75) is 6.04 Å². The molecule has 8 heteroatoms. The number of hydrogen-bond donors (Lipinski definition) is 3. The second-order valence-electron chi connectivity index (χ2n) is 2.90. The van der Waals surface area contributed by atoms with E-state index in [-0.39, 0.29) is 0 Å². The Morgan fingerprint density at radius 2 is 1.44 bits per heavy atom. The molecule has 0 unspecified atom stereocenters. The number of aliphatic hydroxyl groups excluding tert-OH is 2. The van der Waals surface area contributed by atoms with Gasteiger partial charge in [0.2, 0.25) is 11.6 Å². The van der Waals surface area contributed by atoms with E-state index in [2.05, 4.69) is 4.98 Å². The van der Waals surface area contributed by atoms with E-state index in [4.69, 9.17) is 10.2 Å². The molecule has 1 aromatic rings. The van der Waals surface area contributed by atoms with Gasteiger partial charge < -0.3 is 15.5 Å². The molecule has 0 saturated heterocycles. The SMILES string of the molecule is OCC(CO)Nc1c(F)c(F)nc(F)c1F. The van der Waals surface area contributed by atoms with E-state index >= 15 is 0 Å². The highest BCUT2D eigenvalue weighted by molar-refractivity contribution is 5.46. The molecule has 1 rings (SSSR count). The largest absolute Gasteiger partial charge is 0.394 e. The molecule has 0 amide bonds. The summed E-state index contributed by atoms with van der Waals surface area (Å²) in [5, 5.41) is 19.2. The van der Waals surface area contributed by atoms with Crippen LogP contribution in [0.15, 0.2) is 0 Å². The summed E-state index contributed by atoms with van der Waals surface area (Å²) in [4.78, 5) is 2.34. The Morgan fingerprint density at radius 1 is 1.00 bits per heavy atom. The highest BCUT2D eigenvalue weighted by Gasteiger charge is 2.22. The Kier molecular flexibility index (Phi) is 4.02. The number of halogens is 4. The molecular weight excluding hydrogens is 232 g/mol. The molecule has 1 heterocycles. The van der Waals surface area contributed by atoms with E-state index in [1.54, 1.807) is 0 Å². The van der Waals surface area contributed by atoms with Gasteiger partial charge in [0, 0.05) is 0 Å². The van der Waals surface area contributed by atoms with Crippen molar-refractivity contribution in [2.75, 3.05) is 18.5 Å². The first-order valence-corrected chi connectivity index (χ1v) is 4.19. The first-order valence-electron chi connectivity index (χ1n) is 4.19. The lowest BCUT2D eigenvalue weighted by atomic mass is 10.3. The van der Waals surface area contributed by atoms with E-state index in [9.17, 15) is 17.6 Å². The topological polar surface area (TPSA) is 65.4 Å². The molecule has 0 spiro atoms. The van der Waals surface area contributed by atoms with Crippen molar-refractivity contribution >= 4 is 5.69 Å². The van der Waals surface area contributed by atoms with Crippen LogP contribution in [-0.2, 0) is 0 Å². The van der Waals surface area contributed by atoms with Crippen LogP contribution in [0.5, 0.6) is 0 Å². The van der Waals surface area contributed by atoms with Gasteiger partial charge in [-0.3, -0.25) is 0 Å². The number of rotatable bonds is 4. The summed E-state index contributed by atoms with van der Waals surface area (Å²) in [6.07, 6.45) is 0. The summed E-state index contributed by atoms with van der Waals surface area (Å²) in [5.41, 5.74) is -1.11. The highest BCUT2D eigenvalue weighted by atomic mass is 19.2. The predicted octanol–water partition coefficient (Wildman–Crippen LogP) is 0.403. The van der Waals surface area contributed by atoms with Crippen LogP contribution in [0.25, 0.3) is 0 Å². The number of nitrogens with zero attached hydrogens (tertiary/aromatic N) is 1. The van der Waals surface area contributed by atoms with Crippen LogP contribution >= 0.6 is 0 Å². The fourth-order valence-corrected chi connectivity index (χ4v) is 0.967. The van der Waals surface area contributed by atoms with E-state index < -0.39 is 48.5 Å². The Balaban J connectivity index is 3.11. The van der Waals surface area contributed by atoms with Gasteiger partial charge in [-0.15, -0.1) is 0 Å². The summed E-state index contributed by atoms with van der Waals surface area (Å²) in [5.74, 6) is -7.05. The zero-order valence-corrected chi connectivity index (χ0v) is 7.85. The fourth-order valence-electron chi connectivity index (χ4n) is 0.967. The summed E-state index contributed by atoms with van der Waals surface area (Å²) in [6.45, 7) is -1.33. The van der Waals surface area contributed by atoms with Crippen LogP contribution in [0.2, 0.25) is 0 Å². The van der Waals surface area contributed by atoms with Gasteiger partial charge in [0.1, 0.15) is 5.69 Å². The first kappa shape index (κ1) is 12.7. The van der Waals surface area contributed by atoms with Gasteiger partial charge in [0.15, 0.2) is 0 Å². The molecule has 0 aliphatic heterocycles. The Labute approximate surface area is 87.5 Å². The molecule has 90 valence electrons. The average Bonchev–Trinajstić information content (AvgIpc) is 2.27. The van der Waals surface area contributed by atoms with Crippen LogP contribution < -0.4 is 5.32 Å². The van der Waals surface area contributed by atoms with Crippen molar-refractivity contribution in [3.8, 4) is 0 Å². The maximum Gasteiger partial charge on any atom is 0.253 e. The van der Waals surface area contributed by atoms with Gasteiger partial charge in [0.25, 0.3) is 11.9 Å². The maximum atomic E-state index is 13.0. The monoisotopic (exact) mass is 240 g/mol. The predicted molar refractivity (Wildman–Crippen MR) is 45.7 cm³/mol. The van der Waals surface area contributed by atoms with Crippen LogP contribution in [0.4, 0.5) is 23.2 Å². The highest BCUT2D eigenvalue weighted by Crippen LogP contribution is 2.22. The zero-order valence-electron chi connectivity index (χ0n) is 7.85. The van der Waals surface area contributed by atoms with E-state index in [0.29, 0.717) is 0 Å². The van der Waals surface area contributed by atoms with Gasteiger partial charge in [0.05, 0.1) is 19.3 Å². The molecule has 0 aromatic carbocycles. The zero-order chi connectivity index (χ0) is 12.3. The van der Waals surface area contributed by atoms with Crippen LogP contribution in [0.1, 0.15) is 0 Å². The molecule has 0 saturated carbocycles. The Hall–Kier alpha value is -1.41. The second kappa shape index (κ2) is 5.08. The smallest absolute Gasteiger partial charge is 0.253 e. The maximum absolute atomic E-state index is 13.0. The number of pyridine rings is 1. The number of hydrogen-bond acceptors (Lipinski definition) is 4. The number of nitrogens with one attached hydrogen (secondary N) is 1. The van der Waals surface area contributed by atoms with Crippen LogP contribution in [-0.4, -0.2) is 34.5 Å². The Morgan fingerprint density at radius 3 is 1.81 bits per heavy atom. The minimum Gasteiger partial charge on any atom is -0.394 e. The van der Waals surface area contributed by atoms with Gasteiger partial charge >= 0.3 is 0 Å². The fraction of sp³-hybridized carbons (Fsp3) is 0.375. The molecule has 0 bridgehead atoms. The Bertz CT molecular complexity index is 359. The average molecular weight is 240 g/mol. The van der Waals surface area contributed by atoms with Gasteiger partial charge in [-0.1, -0.05) is 0 Å². The standard InChI is InChI=1S/C8H8F4N2O2/c9-4-6(13-3(1-15)2-16)5(10)8(12)14-7(4)11/h3,15-16H,1-2H2,(H,13,14). The third-order valence-electron chi connectivity index (χ3n) is 1.79. The normalized spacial score (nSPS) is 10.9. The summed E-state index contributed by atoms with van der Waals surface area (Å²) >= 11 is 0. The summed E-state index contributed by atoms with van der Waals surface area (Å²) < 4.78 is 51.3. The quantitative estimate of drug-likeness (QED) is 0.526. The first-order chi connectivity index (χ1) is 7.51. The van der Waals surface area contributed by atoms with Crippen LogP contribution in [0.3, 0.4) is 0 Å². The molecule has 0 aliphatic rings. The molecule has 1 aromatic heterocycles. The van der Waals surface area contributed by atoms with Gasteiger partial charge in [-0.2, -0.15) is 22.5 Å². The number of aromatic nitrogens is 1. The summed E-state index contributed by atoms with van der Waals surface area (Å²) in [7, 11) is 0. The molecule has 0 radical (unpaired) electrons. The minimum atomic E-state index is -1.81. The van der Waals surface area contributed by atoms with E-state index in [1.165, 1.54) is 0 Å². The van der Waals surface area contributed by atoms with Crippen LogP contribution in [0, 0.1) is 23.5 Å². The van der Waals surface area contributed by atoms with Crippen molar-refractivity contribution in [1.82, 2.24) is 4.98 Å². The van der Waals surface area contributed by atoms with Crippen molar-refractivity contribution in [3.63, 3.8) is 0 Å². The molecule has 0 aliphatic carbocycles. The third kappa shape index (κ3) is 2.39. The minimum absolute atomic E-state index is 0.666. The van der Waals surface area contributed by atoms with E-state index in [0.717, 1.165) is 0 Å². The lowest BCUT2D eigenvalue weighted by Gasteiger charge is -2.15. The van der Waals surface area contributed by atoms with Gasteiger partial charge in [-0.25, -0.2) is 0 Å². The lowest BCUT2D eigenvalue weighted by molar-refractivity contribution is 0.203. The van der Waals surface area contributed by atoms with Crippen molar-refractivity contribution < 1.29 is 27.8 Å². The van der Waals surface area contributed by atoms with E-state index in [1.807, 2.05) is 5.32 Å². The molecule has 0 atom stereocenters. The summed E-state index contributed by atoms with van der Waals surface area (Å²) in [6, 6.07) is -1.13. The lowest BCUT2D eigenvalue weighted by Crippen LogP contribution is -2.29. The molecule has 16 heavy (non-hydrogen) atoms. The second-order valence-corrected chi connectivity index (χ2v) is 2.90. The van der Waals surface area contributed by atoms with Gasteiger partial charge in [-0.05, 0) is 0 Å². The van der Waals surface area contributed by atoms with Crippen molar-refractivity contribution in [1.29, 1.82) is 0 Å². The molecule has 4 nitrogen and oxygen atoms in total. The third-order valence-corrected chi connectivity index (χ3v) is 1.79. The number of aliphatic hydroxyl groups is 2. The number of anilines is 1. The molecular formula is C8H8F4N2O2. The van der Waals surface area contributed by atoms with Crippen molar-refractivity contribution in [3.05, 3.63) is 23.5 Å².